The van der Waals surface area contributed by atoms with Gasteiger partial charge in [-0.25, -0.2) is 0 Å². The molecule has 2 rings (SSSR count). The fourth-order valence-corrected chi connectivity index (χ4v) is 3.06. The summed E-state index contributed by atoms with van der Waals surface area (Å²) in [5.41, 5.74) is 2.75. The second kappa shape index (κ2) is 6.38. The Bertz CT molecular complexity index is 354. The summed E-state index contributed by atoms with van der Waals surface area (Å²) in [5, 5.41) is 3.71. The monoisotopic (exact) mass is 245 g/mol. The molecule has 0 radical (unpaired) electrons. The third-order valence-corrected chi connectivity index (χ3v) is 4.34. The van der Waals surface area contributed by atoms with Crippen molar-refractivity contribution in [2.24, 2.45) is 11.8 Å². The molecule has 1 aromatic carbocycles. The molecule has 0 aliphatic heterocycles. The Morgan fingerprint density at radius 2 is 1.94 bits per heavy atom. The van der Waals surface area contributed by atoms with Gasteiger partial charge in [-0.2, -0.15) is 0 Å². The van der Waals surface area contributed by atoms with Crippen molar-refractivity contribution in [2.45, 2.75) is 52.5 Å². The first-order valence-electron chi connectivity index (χ1n) is 7.45. The van der Waals surface area contributed by atoms with E-state index in [1.54, 1.807) is 0 Å². The summed E-state index contributed by atoms with van der Waals surface area (Å²) < 4.78 is 0. The summed E-state index contributed by atoms with van der Waals surface area (Å²) in [6, 6.07) is 9.38. The summed E-state index contributed by atoms with van der Waals surface area (Å²) in [5.74, 6) is 1.82. The van der Waals surface area contributed by atoms with Crippen LogP contribution in [0.2, 0.25) is 0 Å². The summed E-state index contributed by atoms with van der Waals surface area (Å²) in [7, 11) is 0. The van der Waals surface area contributed by atoms with Crippen molar-refractivity contribution in [3.63, 3.8) is 0 Å². The average Bonchev–Trinajstić information content (AvgIpc) is 2.37. The van der Waals surface area contributed by atoms with Crippen LogP contribution >= 0.6 is 0 Å². The zero-order valence-corrected chi connectivity index (χ0v) is 12.1. The summed E-state index contributed by atoms with van der Waals surface area (Å²) >= 11 is 0. The molecule has 1 nitrogen and oxygen atoms in total. The van der Waals surface area contributed by atoms with Gasteiger partial charge in [0.1, 0.15) is 0 Å². The Morgan fingerprint density at radius 1 is 1.22 bits per heavy atom. The van der Waals surface area contributed by atoms with E-state index in [0.29, 0.717) is 6.04 Å². The lowest BCUT2D eigenvalue weighted by Gasteiger charge is -2.28. The lowest BCUT2D eigenvalue weighted by molar-refractivity contribution is 0.268. The van der Waals surface area contributed by atoms with Crippen LogP contribution in [-0.4, -0.2) is 6.54 Å². The fourth-order valence-electron chi connectivity index (χ4n) is 3.06. The molecule has 1 aliphatic rings. The molecule has 1 aliphatic carbocycles. The van der Waals surface area contributed by atoms with E-state index < -0.39 is 0 Å². The summed E-state index contributed by atoms with van der Waals surface area (Å²) in [4.78, 5) is 0. The number of nitrogens with one attached hydrogen (secondary N) is 1. The van der Waals surface area contributed by atoms with Crippen LogP contribution in [0.5, 0.6) is 0 Å². The number of rotatable bonds is 4. The highest BCUT2D eigenvalue weighted by atomic mass is 14.9. The lowest BCUT2D eigenvalue weighted by Crippen LogP contribution is -2.28. The van der Waals surface area contributed by atoms with Crippen LogP contribution in [0.4, 0.5) is 0 Å². The zero-order valence-electron chi connectivity index (χ0n) is 12.1. The first-order valence-corrected chi connectivity index (χ1v) is 7.45. The van der Waals surface area contributed by atoms with E-state index in [4.69, 9.17) is 0 Å². The predicted octanol–water partition coefficient (Wildman–Crippen LogP) is 4.47. The highest BCUT2D eigenvalue weighted by Gasteiger charge is 2.19. The van der Waals surface area contributed by atoms with Crippen LogP contribution in [0.15, 0.2) is 24.3 Å². The van der Waals surface area contributed by atoms with Gasteiger partial charge in [0.15, 0.2) is 0 Å². The molecular formula is C17H27N. The molecule has 0 bridgehead atoms. The first kappa shape index (κ1) is 13.6. The Labute approximate surface area is 112 Å². The van der Waals surface area contributed by atoms with Crippen molar-refractivity contribution >= 4 is 0 Å². The van der Waals surface area contributed by atoms with E-state index in [9.17, 15) is 0 Å². The van der Waals surface area contributed by atoms with Crippen LogP contribution in [0.1, 0.15) is 56.7 Å². The van der Waals surface area contributed by atoms with Gasteiger partial charge in [0.2, 0.25) is 0 Å². The normalized spacial score (nSPS) is 25.9. The van der Waals surface area contributed by atoms with E-state index in [1.165, 1.54) is 43.4 Å². The van der Waals surface area contributed by atoms with Crippen molar-refractivity contribution < 1.29 is 0 Å². The Hall–Kier alpha value is -0.820. The minimum atomic E-state index is 0.475. The average molecular weight is 245 g/mol. The van der Waals surface area contributed by atoms with Gasteiger partial charge in [-0.05, 0) is 50.6 Å². The Kier molecular flexibility index (Phi) is 4.82. The van der Waals surface area contributed by atoms with Crippen LogP contribution < -0.4 is 5.32 Å². The number of benzene rings is 1. The minimum absolute atomic E-state index is 0.475. The van der Waals surface area contributed by atoms with Gasteiger partial charge < -0.3 is 5.32 Å². The SMILES string of the molecule is Cc1ccc(C(C)NCC2CCCC(C)C2)cc1. The zero-order chi connectivity index (χ0) is 13.0. The molecule has 0 amide bonds. The van der Waals surface area contributed by atoms with Gasteiger partial charge in [0.05, 0.1) is 0 Å². The molecule has 100 valence electrons. The number of hydrogen-bond acceptors (Lipinski definition) is 1. The molecule has 0 saturated heterocycles. The maximum atomic E-state index is 3.71. The smallest absolute Gasteiger partial charge is 0.0291 e. The van der Waals surface area contributed by atoms with E-state index >= 15 is 0 Å². The fraction of sp³-hybridized carbons (Fsp3) is 0.647. The molecule has 3 atom stereocenters. The Balaban J connectivity index is 1.80. The quantitative estimate of drug-likeness (QED) is 0.825. The second-order valence-electron chi connectivity index (χ2n) is 6.18. The van der Waals surface area contributed by atoms with Crippen molar-refractivity contribution in [3.8, 4) is 0 Å². The van der Waals surface area contributed by atoms with Crippen molar-refractivity contribution in [1.82, 2.24) is 5.32 Å². The Morgan fingerprint density at radius 3 is 2.61 bits per heavy atom. The lowest BCUT2D eigenvalue weighted by atomic mass is 9.82. The summed E-state index contributed by atoms with van der Waals surface area (Å²) in [6.45, 7) is 8.00. The molecule has 0 spiro atoms. The van der Waals surface area contributed by atoms with E-state index in [-0.39, 0.29) is 0 Å². The molecule has 0 aromatic heterocycles. The molecule has 0 heterocycles. The van der Waals surface area contributed by atoms with E-state index in [0.717, 1.165) is 11.8 Å². The van der Waals surface area contributed by atoms with Crippen LogP contribution in [0, 0.1) is 18.8 Å². The predicted molar refractivity (Wildman–Crippen MR) is 78.7 cm³/mol. The van der Waals surface area contributed by atoms with Crippen LogP contribution in [-0.2, 0) is 0 Å². The van der Waals surface area contributed by atoms with Crippen LogP contribution in [0.3, 0.4) is 0 Å². The topological polar surface area (TPSA) is 12.0 Å². The molecule has 3 unspecified atom stereocenters. The molecule has 18 heavy (non-hydrogen) atoms. The molecule has 1 heteroatoms. The maximum absolute atomic E-state index is 3.71. The molecule has 1 aromatic rings. The van der Waals surface area contributed by atoms with Gasteiger partial charge in [-0.3, -0.25) is 0 Å². The molecular weight excluding hydrogens is 218 g/mol. The van der Waals surface area contributed by atoms with Gasteiger partial charge in [0.25, 0.3) is 0 Å². The highest BCUT2D eigenvalue weighted by Crippen LogP contribution is 2.28. The third kappa shape index (κ3) is 3.84. The van der Waals surface area contributed by atoms with Gasteiger partial charge in [-0.15, -0.1) is 0 Å². The van der Waals surface area contributed by atoms with Gasteiger partial charge in [0, 0.05) is 6.04 Å². The van der Waals surface area contributed by atoms with E-state index in [1.807, 2.05) is 0 Å². The third-order valence-electron chi connectivity index (χ3n) is 4.34. The first-order chi connectivity index (χ1) is 8.65. The molecule has 1 fully saturated rings. The largest absolute Gasteiger partial charge is 0.310 e. The van der Waals surface area contributed by atoms with Gasteiger partial charge in [-0.1, -0.05) is 49.6 Å². The number of hydrogen-bond donors (Lipinski definition) is 1. The molecule has 1 saturated carbocycles. The van der Waals surface area contributed by atoms with Crippen molar-refractivity contribution in [2.75, 3.05) is 6.54 Å². The maximum Gasteiger partial charge on any atom is 0.0291 e. The molecule has 1 N–H and O–H groups in total. The second-order valence-corrected chi connectivity index (χ2v) is 6.18. The van der Waals surface area contributed by atoms with Crippen LogP contribution in [0.25, 0.3) is 0 Å². The number of aryl methyl sites for hydroxylation is 1. The van der Waals surface area contributed by atoms with E-state index in [2.05, 4.69) is 50.4 Å². The van der Waals surface area contributed by atoms with Crippen molar-refractivity contribution in [3.05, 3.63) is 35.4 Å². The van der Waals surface area contributed by atoms with Gasteiger partial charge >= 0.3 is 0 Å². The minimum Gasteiger partial charge on any atom is -0.310 e. The standard InChI is InChI=1S/C17H27N/c1-13-7-9-17(10-8-13)15(3)18-12-16-6-4-5-14(2)11-16/h7-10,14-16,18H,4-6,11-12H2,1-3H3. The summed E-state index contributed by atoms with van der Waals surface area (Å²) in [6.07, 6.45) is 5.68. The highest BCUT2D eigenvalue weighted by molar-refractivity contribution is 5.23. The van der Waals surface area contributed by atoms with Crippen molar-refractivity contribution in [1.29, 1.82) is 0 Å².